The molecule has 13 heteroatoms. The lowest BCUT2D eigenvalue weighted by atomic mass is 9.95. The fourth-order valence-electron chi connectivity index (χ4n) is 7.26. The molecule has 0 radical (unpaired) electrons. The second-order valence-electron chi connectivity index (χ2n) is 15.6. The molecule has 0 unspecified atom stereocenters. The van der Waals surface area contributed by atoms with E-state index in [0.29, 0.717) is 33.8 Å². The van der Waals surface area contributed by atoms with Crippen molar-refractivity contribution in [3.8, 4) is 22.9 Å². The van der Waals surface area contributed by atoms with E-state index in [2.05, 4.69) is 23.3 Å². The molecule has 3 N–H and O–H groups in total. The first-order valence-electron chi connectivity index (χ1n) is 18.2. The predicted octanol–water partition coefficient (Wildman–Crippen LogP) is 5.86. The Balaban J connectivity index is 0.00000561. The zero-order valence-corrected chi connectivity index (χ0v) is 31.2. The second kappa shape index (κ2) is 15.6. The first-order chi connectivity index (χ1) is 25.1. The van der Waals surface area contributed by atoms with E-state index in [4.69, 9.17) is 24.2 Å². The molecule has 3 amide bonds. The number of carboxylic acid groups (broad SMARTS) is 1. The number of likely N-dealkylation sites (tertiary alicyclic amines) is 1. The fraction of sp³-hybridized carbons (Fsp3) is 0.512. The number of rotatable bonds is 11. The van der Waals surface area contributed by atoms with Gasteiger partial charge in [0.05, 0.1) is 30.6 Å². The number of aryl methyl sites for hydroxylation is 2. The number of amides is 3. The van der Waals surface area contributed by atoms with Crippen molar-refractivity contribution in [1.29, 1.82) is 0 Å². The summed E-state index contributed by atoms with van der Waals surface area (Å²) >= 11 is 0. The summed E-state index contributed by atoms with van der Waals surface area (Å²) in [5.41, 5.74) is 1.93. The third-order valence-electron chi connectivity index (χ3n) is 10.2. The number of aromatic nitrogens is 2. The number of hydrogen-bond donors (Lipinski definition) is 3. The Kier molecular flexibility index (Phi) is 11.6. The van der Waals surface area contributed by atoms with Crippen molar-refractivity contribution in [2.24, 2.45) is 11.8 Å². The van der Waals surface area contributed by atoms with Crippen LogP contribution in [0.3, 0.4) is 0 Å². The molecule has 1 saturated heterocycles. The smallest absolute Gasteiger partial charge is 0.408 e. The number of nitrogens with zero attached hydrogens (tertiary/aromatic N) is 3. The number of carbonyl (C=O) groups excluding carboxylic acids is 3. The molecule has 0 spiro atoms. The van der Waals surface area contributed by atoms with E-state index < -0.39 is 59.1 Å². The lowest BCUT2D eigenvalue weighted by Gasteiger charge is -2.31. The summed E-state index contributed by atoms with van der Waals surface area (Å²) in [6, 6.07) is 9.24. The van der Waals surface area contributed by atoms with Crippen LogP contribution in [0.25, 0.3) is 22.3 Å². The standard InChI is InChI=1S/C40H49N5O8.CH4/c1-8-24-20-40(24,37(48)49)44-35(46)32-18-26(21-45(32)36(47)34(22(2)3)43-38(50)53-39(4,5)6)52-33-19-31(42-30-17-25(51-7)14-15-27(30)33)29-16-13-23-11-9-10-12-28(23)41-29;/h8,13-17,19,22,24,26,32,34H,1,9-12,18,20-21H2,2-7H3,(H,43,50)(H,44,46)(H,48,49);1H4/t24-,26-,32+,34+,40-;/m1./s1. The highest BCUT2D eigenvalue weighted by Crippen LogP contribution is 2.45. The molecule has 290 valence electrons. The molecule has 2 fully saturated rings. The minimum Gasteiger partial charge on any atom is -0.497 e. The quantitative estimate of drug-likeness (QED) is 0.202. The van der Waals surface area contributed by atoms with Gasteiger partial charge in [-0.25, -0.2) is 14.6 Å². The largest absolute Gasteiger partial charge is 0.497 e. The van der Waals surface area contributed by atoms with Crippen LogP contribution in [-0.4, -0.2) is 86.8 Å². The van der Waals surface area contributed by atoms with Crippen LogP contribution in [0, 0.1) is 11.8 Å². The summed E-state index contributed by atoms with van der Waals surface area (Å²) in [5.74, 6) is -2.04. The first kappa shape index (κ1) is 40.0. The van der Waals surface area contributed by atoms with Gasteiger partial charge in [0.2, 0.25) is 11.8 Å². The SMILES string of the molecule is C.C=C[C@@H]1C[C@]1(NC(=O)[C@@H]1C[C@@H](Oc2cc(-c3ccc4c(n3)CCCC4)nc3cc(OC)ccc23)CN1C(=O)[C@@H](NC(=O)OC(C)(C)C)C(C)C)C(=O)O. The van der Waals surface area contributed by atoms with Crippen molar-refractivity contribution in [2.45, 2.75) is 110 Å². The van der Waals surface area contributed by atoms with Gasteiger partial charge >= 0.3 is 12.1 Å². The van der Waals surface area contributed by atoms with Gasteiger partial charge in [0.1, 0.15) is 40.8 Å². The molecule has 6 rings (SSSR count). The molecule has 13 nitrogen and oxygen atoms in total. The number of alkyl carbamates (subject to hydrolysis) is 1. The zero-order valence-electron chi connectivity index (χ0n) is 31.2. The molecule has 0 bridgehead atoms. The number of carboxylic acids is 1. The number of aliphatic carboxylic acids is 1. The lowest BCUT2D eigenvalue weighted by Crippen LogP contribution is -2.57. The predicted molar refractivity (Wildman–Crippen MR) is 204 cm³/mol. The highest BCUT2D eigenvalue weighted by Gasteiger charge is 2.61. The Morgan fingerprint density at radius 1 is 1.06 bits per heavy atom. The highest BCUT2D eigenvalue weighted by molar-refractivity contribution is 5.96. The van der Waals surface area contributed by atoms with Crippen LogP contribution in [0.15, 0.2) is 49.1 Å². The van der Waals surface area contributed by atoms with Crippen LogP contribution in [-0.2, 0) is 32.0 Å². The minimum atomic E-state index is -1.50. The third-order valence-corrected chi connectivity index (χ3v) is 10.2. The van der Waals surface area contributed by atoms with Gasteiger partial charge < -0.3 is 34.9 Å². The molecular weight excluding hydrogens is 690 g/mol. The summed E-state index contributed by atoms with van der Waals surface area (Å²) in [7, 11) is 1.58. The van der Waals surface area contributed by atoms with Crippen LogP contribution in [0.2, 0.25) is 0 Å². The first-order valence-corrected chi connectivity index (χ1v) is 18.2. The van der Waals surface area contributed by atoms with Crippen molar-refractivity contribution < 1.29 is 38.5 Å². The van der Waals surface area contributed by atoms with Crippen molar-refractivity contribution in [2.75, 3.05) is 13.7 Å². The van der Waals surface area contributed by atoms with E-state index in [0.717, 1.165) is 31.4 Å². The number of methoxy groups -OCH3 is 1. The zero-order chi connectivity index (χ0) is 38.2. The molecule has 5 atom stereocenters. The third kappa shape index (κ3) is 8.29. The van der Waals surface area contributed by atoms with Crippen molar-refractivity contribution in [3.05, 3.63) is 60.3 Å². The van der Waals surface area contributed by atoms with E-state index in [1.165, 1.54) is 16.5 Å². The Morgan fingerprint density at radius 3 is 2.44 bits per heavy atom. The maximum atomic E-state index is 14.3. The molecule has 1 aromatic carbocycles. The van der Waals surface area contributed by atoms with Gasteiger partial charge in [0.25, 0.3) is 0 Å². The van der Waals surface area contributed by atoms with Crippen molar-refractivity contribution in [3.63, 3.8) is 0 Å². The number of ether oxygens (including phenoxy) is 3. The van der Waals surface area contributed by atoms with Gasteiger partial charge in [-0.05, 0) is 82.6 Å². The van der Waals surface area contributed by atoms with Gasteiger partial charge in [0.15, 0.2) is 0 Å². The number of pyridine rings is 2. The Labute approximate surface area is 316 Å². The number of fused-ring (bicyclic) bond motifs is 2. The average Bonchev–Trinajstić information content (AvgIpc) is 3.68. The summed E-state index contributed by atoms with van der Waals surface area (Å²) in [4.78, 5) is 64.8. The average molecular weight is 744 g/mol. The summed E-state index contributed by atoms with van der Waals surface area (Å²) in [6.07, 6.45) is 4.44. The van der Waals surface area contributed by atoms with Gasteiger partial charge in [-0.3, -0.25) is 14.6 Å². The molecule has 2 aromatic heterocycles. The van der Waals surface area contributed by atoms with Gasteiger partial charge in [-0.2, -0.15) is 0 Å². The summed E-state index contributed by atoms with van der Waals surface area (Å²) in [6.45, 7) is 12.4. The van der Waals surface area contributed by atoms with Crippen LogP contribution in [0.5, 0.6) is 11.5 Å². The monoisotopic (exact) mass is 743 g/mol. The van der Waals surface area contributed by atoms with Gasteiger partial charge in [-0.1, -0.05) is 33.4 Å². The molecule has 3 aromatic rings. The number of carbonyl (C=O) groups is 4. The highest BCUT2D eigenvalue weighted by atomic mass is 16.6. The Morgan fingerprint density at radius 2 is 1.80 bits per heavy atom. The van der Waals surface area contributed by atoms with Crippen LogP contribution in [0.4, 0.5) is 4.79 Å². The molecule has 1 saturated carbocycles. The second-order valence-corrected chi connectivity index (χ2v) is 15.6. The summed E-state index contributed by atoms with van der Waals surface area (Å²) < 4.78 is 17.6. The topological polar surface area (TPSA) is 169 Å². The van der Waals surface area contributed by atoms with Crippen LogP contribution in [0.1, 0.15) is 79.0 Å². The molecule has 2 aliphatic carbocycles. The maximum Gasteiger partial charge on any atom is 0.408 e. The van der Waals surface area contributed by atoms with Crippen molar-refractivity contribution in [1.82, 2.24) is 25.5 Å². The maximum absolute atomic E-state index is 14.3. The molecule has 1 aliphatic heterocycles. The lowest BCUT2D eigenvalue weighted by molar-refractivity contribution is -0.146. The molecule has 54 heavy (non-hydrogen) atoms. The van der Waals surface area contributed by atoms with E-state index >= 15 is 0 Å². The van der Waals surface area contributed by atoms with Crippen LogP contribution < -0.4 is 20.1 Å². The molecule has 3 heterocycles. The normalized spacial score (nSPS) is 22.4. The Hall–Kier alpha value is -5.20. The van der Waals surface area contributed by atoms with E-state index in [9.17, 15) is 24.3 Å². The van der Waals surface area contributed by atoms with E-state index in [1.54, 1.807) is 47.8 Å². The minimum absolute atomic E-state index is 0. The van der Waals surface area contributed by atoms with Crippen molar-refractivity contribution >= 4 is 34.8 Å². The van der Waals surface area contributed by atoms with E-state index in [-0.39, 0.29) is 32.7 Å². The van der Waals surface area contributed by atoms with E-state index in [1.807, 2.05) is 24.3 Å². The van der Waals surface area contributed by atoms with Crippen LogP contribution >= 0.6 is 0 Å². The molecule has 3 aliphatic rings. The Bertz CT molecular complexity index is 1940. The number of hydrogen-bond acceptors (Lipinski definition) is 9. The van der Waals surface area contributed by atoms with Gasteiger partial charge in [-0.15, -0.1) is 6.58 Å². The number of benzene rings is 1. The molecular formula is C41H53N5O8. The number of nitrogens with one attached hydrogen (secondary N) is 2. The van der Waals surface area contributed by atoms with Gasteiger partial charge in [0, 0.05) is 35.6 Å². The summed E-state index contributed by atoms with van der Waals surface area (Å²) in [5, 5.41) is 16.1. The fourth-order valence-corrected chi connectivity index (χ4v) is 7.26.